The zero-order chi connectivity index (χ0) is 11.5. The smallest absolute Gasteiger partial charge is 0.0662 e. The molecule has 1 aliphatic rings. The quantitative estimate of drug-likeness (QED) is 0.777. The molecule has 1 aromatic rings. The van der Waals surface area contributed by atoms with Gasteiger partial charge in [0, 0.05) is 15.8 Å². The Morgan fingerprint density at radius 1 is 1.31 bits per heavy atom. The average molecular weight is 237 g/mol. The van der Waals surface area contributed by atoms with E-state index in [1.165, 1.54) is 12.0 Å². The molecule has 0 aliphatic heterocycles. The van der Waals surface area contributed by atoms with Crippen LogP contribution in [0.3, 0.4) is 0 Å². The van der Waals surface area contributed by atoms with Crippen molar-refractivity contribution < 1.29 is 5.11 Å². The summed E-state index contributed by atoms with van der Waals surface area (Å²) in [6, 6.07) is 5.99. The molecule has 16 heavy (non-hydrogen) atoms. The lowest BCUT2D eigenvalue weighted by Gasteiger charge is -2.27. The molecule has 3 N–H and O–H groups in total. The summed E-state index contributed by atoms with van der Waals surface area (Å²) in [7, 11) is 0. The van der Waals surface area contributed by atoms with Crippen LogP contribution in [0, 0.1) is 6.92 Å². The molecular formula is C13H19NOS. The van der Waals surface area contributed by atoms with E-state index in [4.69, 9.17) is 5.73 Å². The van der Waals surface area contributed by atoms with Crippen LogP contribution in [0.25, 0.3) is 0 Å². The van der Waals surface area contributed by atoms with Crippen molar-refractivity contribution in [1.82, 2.24) is 0 Å². The van der Waals surface area contributed by atoms with Gasteiger partial charge in [0.1, 0.15) is 0 Å². The van der Waals surface area contributed by atoms with E-state index < -0.39 is 0 Å². The SMILES string of the molecule is Cc1cccc(N)c1S[C@@H]1CCCC[C@@H]1O. The molecule has 0 spiro atoms. The Balaban J connectivity index is 2.13. The van der Waals surface area contributed by atoms with Crippen molar-refractivity contribution in [2.75, 3.05) is 5.73 Å². The minimum Gasteiger partial charge on any atom is -0.398 e. The number of nitrogen functional groups attached to an aromatic ring is 1. The maximum atomic E-state index is 9.95. The number of hydrogen-bond acceptors (Lipinski definition) is 3. The molecule has 0 aromatic heterocycles. The van der Waals surface area contributed by atoms with E-state index in [0.29, 0.717) is 5.25 Å². The highest BCUT2D eigenvalue weighted by molar-refractivity contribution is 8.00. The van der Waals surface area contributed by atoms with Gasteiger partial charge < -0.3 is 10.8 Å². The van der Waals surface area contributed by atoms with Gasteiger partial charge in [-0.05, 0) is 31.4 Å². The van der Waals surface area contributed by atoms with Crippen LogP contribution in [0.4, 0.5) is 5.69 Å². The summed E-state index contributed by atoms with van der Waals surface area (Å²) in [5, 5.41) is 10.3. The van der Waals surface area contributed by atoms with E-state index >= 15 is 0 Å². The lowest BCUT2D eigenvalue weighted by Crippen LogP contribution is -2.26. The number of aliphatic hydroxyl groups is 1. The maximum absolute atomic E-state index is 9.95. The second kappa shape index (κ2) is 5.11. The maximum Gasteiger partial charge on any atom is 0.0662 e. The third kappa shape index (κ3) is 2.53. The fourth-order valence-corrected chi connectivity index (χ4v) is 3.54. The van der Waals surface area contributed by atoms with Crippen LogP contribution >= 0.6 is 11.8 Å². The van der Waals surface area contributed by atoms with Crippen LogP contribution in [0.15, 0.2) is 23.1 Å². The van der Waals surface area contributed by atoms with Gasteiger partial charge in [0.2, 0.25) is 0 Å². The van der Waals surface area contributed by atoms with Gasteiger partial charge in [-0.2, -0.15) is 0 Å². The Morgan fingerprint density at radius 2 is 2.06 bits per heavy atom. The zero-order valence-corrected chi connectivity index (χ0v) is 10.5. The molecule has 0 amide bonds. The van der Waals surface area contributed by atoms with Crippen LogP contribution in [0.5, 0.6) is 0 Å². The predicted molar refractivity (Wildman–Crippen MR) is 69.7 cm³/mol. The van der Waals surface area contributed by atoms with Gasteiger partial charge in [0.25, 0.3) is 0 Å². The number of anilines is 1. The number of aryl methyl sites for hydroxylation is 1. The molecule has 0 unspecified atom stereocenters. The average Bonchev–Trinajstić information content (AvgIpc) is 2.26. The standard InChI is InChI=1S/C13H19NOS/c1-9-5-4-6-10(14)13(9)16-12-8-3-2-7-11(12)15/h4-6,11-12,15H,2-3,7-8,14H2,1H3/t11-,12+/m0/s1. The highest BCUT2D eigenvalue weighted by Gasteiger charge is 2.24. The molecular weight excluding hydrogens is 218 g/mol. The van der Waals surface area contributed by atoms with Crippen LogP contribution in [-0.4, -0.2) is 16.5 Å². The molecule has 0 bridgehead atoms. The number of benzene rings is 1. The van der Waals surface area contributed by atoms with Crippen LogP contribution in [0.1, 0.15) is 31.2 Å². The van der Waals surface area contributed by atoms with E-state index in [-0.39, 0.29) is 6.10 Å². The second-order valence-corrected chi connectivity index (χ2v) is 5.75. The highest BCUT2D eigenvalue weighted by atomic mass is 32.2. The largest absolute Gasteiger partial charge is 0.398 e. The molecule has 0 saturated heterocycles. The van der Waals surface area contributed by atoms with E-state index in [9.17, 15) is 5.11 Å². The van der Waals surface area contributed by atoms with Crippen molar-refractivity contribution in [1.29, 1.82) is 0 Å². The molecule has 3 heteroatoms. The van der Waals surface area contributed by atoms with Gasteiger partial charge >= 0.3 is 0 Å². The Labute approximate surface area is 101 Å². The molecule has 2 nitrogen and oxygen atoms in total. The van der Waals surface area contributed by atoms with Crippen molar-refractivity contribution in [3.63, 3.8) is 0 Å². The third-order valence-electron chi connectivity index (χ3n) is 3.18. The lowest BCUT2D eigenvalue weighted by molar-refractivity contribution is 0.137. The van der Waals surface area contributed by atoms with Crippen molar-refractivity contribution in [3.8, 4) is 0 Å². The molecule has 1 aliphatic carbocycles. The summed E-state index contributed by atoms with van der Waals surface area (Å²) in [4.78, 5) is 1.15. The first-order valence-corrected chi connectivity index (χ1v) is 6.76. The fraction of sp³-hybridized carbons (Fsp3) is 0.538. The minimum atomic E-state index is -0.169. The summed E-state index contributed by atoms with van der Waals surface area (Å²) >= 11 is 1.75. The number of rotatable bonds is 2. The first-order valence-electron chi connectivity index (χ1n) is 5.88. The van der Waals surface area contributed by atoms with Crippen LogP contribution in [-0.2, 0) is 0 Å². The predicted octanol–water partition coefficient (Wildman–Crippen LogP) is 2.97. The topological polar surface area (TPSA) is 46.2 Å². The molecule has 1 aromatic carbocycles. The molecule has 0 heterocycles. The summed E-state index contributed by atoms with van der Waals surface area (Å²) < 4.78 is 0. The van der Waals surface area contributed by atoms with Crippen molar-refractivity contribution in [2.45, 2.75) is 48.9 Å². The van der Waals surface area contributed by atoms with Gasteiger partial charge in [-0.25, -0.2) is 0 Å². The van der Waals surface area contributed by atoms with Crippen LogP contribution < -0.4 is 5.73 Å². The molecule has 1 fully saturated rings. The first kappa shape index (κ1) is 11.8. The summed E-state index contributed by atoms with van der Waals surface area (Å²) in [6.07, 6.45) is 4.24. The molecule has 88 valence electrons. The Hall–Kier alpha value is -0.670. The lowest BCUT2D eigenvalue weighted by atomic mass is 9.97. The Morgan fingerprint density at radius 3 is 2.75 bits per heavy atom. The van der Waals surface area contributed by atoms with E-state index in [2.05, 4.69) is 13.0 Å². The number of nitrogens with two attached hydrogens (primary N) is 1. The monoisotopic (exact) mass is 237 g/mol. The summed E-state index contributed by atoms with van der Waals surface area (Å²) in [5.41, 5.74) is 8.03. The molecule has 0 radical (unpaired) electrons. The molecule has 1 saturated carbocycles. The Bertz CT molecular complexity index is 347. The van der Waals surface area contributed by atoms with Gasteiger partial charge in [-0.3, -0.25) is 0 Å². The van der Waals surface area contributed by atoms with E-state index in [1.54, 1.807) is 11.8 Å². The number of aliphatic hydroxyl groups excluding tert-OH is 1. The second-order valence-electron chi connectivity index (χ2n) is 4.50. The fourth-order valence-electron chi connectivity index (χ4n) is 2.20. The third-order valence-corrected chi connectivity index (χ3v) is 4.83. The normalized spacial score (nSPS) is 25.6. The minimum absolute atomic E-state index is 0.169. The van der Waals surface area contributed by atoms with E-state index in [0.717, 1.165) is 29.8 Å². The van der Waals surface area contributed by atoms with Gasteiger partial charge in [-0.1, -0.05) is 25.0 Å². The molecule has 2 atom stereocenters. The summed E-state index contributed by atoms with van der Waals surface area (Å²) in [5.74, 6) is 0. The van der Waals surface area contributed by atoms with Gasteiger partial charge in [-0.15, -0.1) is 11.8 Å². The van der Waals surface area contributed by atoms with Crippen molar-refractivity contribution in [2.24, 2.45) is 0 Å². The molecule has 2 rings (SSSR count). The Kier molecular flexibility index (Phi) is 3.77. The first-order chi connectivity index (χ1) is 7.68. The van der Waals surface area contributed by atoms with Crippen LogP contribution in [0.2, 0.25) is 0 Å². The zero-order valence-electron chi connectivity index (χ0n) is 9.65. The van der Waals surface area contributed by atoms with E-state index in [1.807, 2.05) is 12.1 Å². The highest BCUT2D eigenvalue weighted by Crippen LogP contribution is 2.38. The van der Waals surface area contributed by atoms with Crippen molar-refractivity contribution in [3.05, 3.63) is 23.8 Å². The van der Waals surface area contributed by atoms with Crippen molar-refractivity contribution >= 4 is 17.4 Å². The van der Waals surface area contributed by atoms with Gasteiger partial charge in [0.15, 0.2) is 0 Å². The summed E-state index contributed by atoms with van der Waals surface area (Å²) in [6.45, 7) is 2.08. The number of hydrogen-bond donors (Lipinski definition) is 2. The number of thioether (sulfide) groups is 1. The van der Waals surface area contributed by atoms with Gasteiger partial charge in [0.05, 0.1) is 6.10 Å².